The lowest BCUT2D eigenvalue weighted by Gasteiger charge is -2.11. The Balaban J connectivity index is 1.55. The molecule has 0 aliphatic rings. The van der Waals surface area contributed by atoms with Gasteiger partial charge in [0.2, 0.25) is 0 Å². The second-order valence-electron chi connectivity index (χ2n) is 6.82. The molecule has 0 fully saturated rings. The van der Waals surface area contributed by atoms with E-state index in [0.717, 1.165) is 41.5 Å². The Bertz CT molecular complexity index is 1030. The number of aryl methyl sites for hydroxylation is 1. The average Bonchev–Trinajstić information content (AvgIpc) is 3.03. The molecule has 1 aromatic heterocycles. The van der Waals surface area contributed by atoms with E-state index in [4.69, 9.17) is 16.6 Å². The molecule has 0 saturated heterocycles. The number of hydrogen-bond donors (Lipinski definition) is 1. The Hall–Kier alpha value is -2.62. The largest absolute Gasteiger partial charge is 0.322 e. The third-order valence-corrected chi connectivity index (χ3v) is 4.97. The molecule has 3 nitrogen and oxygen atoms in total. The lowest BCUT2D eigenvalue weighted by atomic mass is 10.1. The lowest BCUT2D eigenvalue weighted by molar-refractivity contribution is 0.628. The molecule has 0 aliphatic carbocycles. The van der Waals surface area contributed by atoms with E-state index in [1.165, 1.54) is 16.7 Å². The summed E-state index contributed by atoms with van der Waals surface area (Å²) in [5.74, 6) is 1.04. The van der Waals surface area contributed by atoms with Crippen LogP contribution >= 0.6 is 11.6 Å². The topological polar surface area (TPSA) is 29.9 Å². The molecule has 1 heterocycles. The highest BCUT2D eigenvalue weighted by Gasteiger charge is 2.10. The van der Waals surface area contributed by atoms with Crippen molar-refractivity contribution in [3.8, 4) is 0 Å². The number of aromatic nitrogens is 2. The number of imidazole rings is 1. The molecule has 0 radical (unpaired) electrons. The van der Waals surface area contributed by atoms with Gasteiger partial charge in [-0.1, -0.05) is 65.7 Å². The van der Waals surface area contributed by atoms with Crippen LogP contribution in [0.3, 0.4) is 0 Å². The zero-order valence-corrected chi connectivity index (χ0v) is 16.1. The van der Waals surface area contributed by atoms with Crippen molar-refractivity contribution in [2.24, 2.45) is 0 Å². The Kier molecular flexibility index (Phi) is 5.23. The van der Waals surface area contributed by atoms with E-state index >= 15 is 0 Å². The number of benzene rings is 3. The monoisotopic (exact) mass is 375 g/mol. The highest BCUT2D eigenvalue weighted by molar-refractivity contribution is 6.30. The maximum Gasteiger partial charge on any atom is 0.124 e. The fourth-order valence-corrected chi connectivity index (χ4v) is 3.36. The molecule has 136 valence electrons. The molecule has 4 heteroatoms. The zero-order valence-electron chi connectivity index (χ0n) is 15.3. The van der Waals surface area contributed by atoms with Crippen molar-refractivity contribution < 1.29 is 0 Å². The van der Waals surface area contributed by atoms with Crippen LogP contribution in [0.25, 0.3) is 11.0 Å². The van der Waals surface area contributed by atoms with Gasteiger partial charge in [0.05, 0.1) is 17.6 Å². The Morgan fingerprint density at radius 2 is 1.56 bits per heavy atom. The third kappa shape index (κ3) is 4.21. The van der Waals surface area contributed by atoms with Crippen molar-refractivity contribution in [2.45, 2.75) is 26.6 Å². The van der Waals surface area contributed by atoms with Gasteiger partial charge in [-0.05, 0) is 42.3 Å². The van der Waals surface area contributed by atoms with Crippen LogP contribution in [0.1, 0.15) is 22.5 Å². The summed E-state index contributed by atoms with van der Waals surface area (Å²) >= 11 is 6.03. The minimum atomic E-state index is 0.718. The van der Waals surface area contributed by atoms with Gasteiger partial charge >= 0.3 is 0 Å². The summed E-state index contributed by atoms with van der Waals surface area (Å²) in [7, 11) is 0. The van der Waals surface area contributed by atoms with Crippen LogP contribution in [0.4, 0.5) is 0 Å². The van der Waals surface area contributed by atoms with Gasteiger partial charge in [0.25, 0.3) is 0 Å². The van der Waals surface area contributed by atoms with Gasteiger partial charge in [-0.3, -0.25) is 0 Å². The molecular formula is C23H22ClN3. The van der Waals surface area contributed by atoms with Gasteiger partial charge in [0.1, 0.15) is 5.82 Å². The maximum absolute atomic E-state index is 6.03. The molecule has 4 rings (SSSR count). The number of para-hydroxylation sites is 2. The van der Waals surface area contributed by atoms with Crippen molar-refractivity contribution in [1.29, 1.82) is 0 Å². The third-order valence-electron chi connectivity index (χ3n) is 4.72. The van der Waals surface area contributed by atoms with E-state index in [2.05, 4.69) is 71.4 Å². The summed E-state index contributed by atoms with van der Waals surface area (Å²) in [6.07, 6.45) is 0. The van der Waals surface area contributed by atoms with Crippen LogP contribution in [0.2, 0.25) is 5.02 Å². The van der Waals surface area contributed by atoms with E-state index in [9.17, 15) is 0 Å². The average molecular weight is 376 g/mol. The lowest BCUT2D eigenvalue weighted by Crippen LogP contribution is -2.17. The van der Waals surface area contributed by atoms with Crippen LogP contribution in [-0.2, 0) is 19.6 Å². The molecule has 0 aliphatic heterocycles. The highest BCUT2D eigenvalue weighted by Crippen LogP contribution is 2.19. The van der Waals surface area contributed by atoms with Crippen LogP contribution in [0.5, 0.6) is 0 Å². The number of nitrogens with zero attached hydrogens (tertiary/aromatic N) is 2. The van der Waals surface area contributed by atoms with Gasteiger partial charge in [-0.15, -0.1) is 0 Å². The molecule has 3 aromatic carbocycles. The van der Waals surface area contributed by atoms with Crippen molar-refractivity contribution in [3.05, 3.63) is 100 Å². The summed E-state index contributed by atoms with van der Waals surface area (Å²) in [5, 5.41) is 4.29. The molecular weight excluding hydrogens is 354 g/mol. The van der Waals surface area contributed by atoms with E-state index < -0.39 is 0 Å². The Morgan fingerprint density at radius 1 is 0.852 bits per heavy atom. The minimum absolute atomic E-state index is 0.718. The molecule has 0 spiro atoms. The Labute approximate surface area is 164 Å². The second-order valence-corrected chi connectivity index (χ2v) is 7.25. The summed E-state index contributed by atoms with van der Waals surface area (Å²) in [5.41, 5.74) is 5.95. The van der Waals surface area contributed by atoms with Crippen LogP contribution in [0.15, 0.2) is 72.8 Å². The first kappa shape index (κ1) is 17.8. The van der Waals surface area contributed by atoms with Gasteiger partial charge in [0, 0.05) is 18.1 Å². The predicted octanol–water partition coefficient (Wildman–Crippen LogP) is 5.34. The number of hydrogen-bond acceptors (Lipinski definition) is 2. The summed E-state index contributed by atoms with van der Waals surface area (Å²) in [4.78, 5) is 4.85. The van der Waals surface area contributed by atoms with Crippen molar-refractivity contribution in [1.82, 2.24) is 14.9 Å². The molecule has 0 atom stereocenters. The van der Waals surface area contributed by atoms with Crippen LogP contribution < -0.4 is 5.32 Å². The number of nitrogens with one attached hydrogen (secondary N) is 1. The summed E-state index contributed by atoms with van der Waals surface area (Å²) in [6.45, 7) is 4.43. The first-order chi connectivity index (χ1) is 13.2. The highest BCUT2D eigenvalue weighted by atomic mass is 35.5. The molecule has 1 N–H and O–H groups in total. The summed E-state index contributed by atoms with van der Waals surface area (Å²) < 4.78 is 2.28. The van der Waals surface area contributed by atoms with E-state index in [1.54, 1.807) is 0 Å². The van der Waals surface area contributed by atoms with Gasteiger partial charge in [0.15, 0.2) is 0 Å². The number of rotatable bonds is 6. The minimum Gasteiger partial charge on any atom is -0.322 e. The SMILES string of the molecule is Cc1ccc(CNCc2nc3ccccc3n2Cc2ccc(Cl)cc2)cc1. The van der Waals surface area contributed by atoms with Gasteiger partial charge < -0.3 is 9.88 Å². The molecule has 0 saturated carbocycles. The van der Waals surface area contributed by atoms with E-state index in [1.807, 2.05) is 18.2 Å². The van der Waals surface area contributed by atoms with E-state index in [0.29, 0.717) is 0 Å². The molecule has 4 aromatic rings. The fourth-order valence-electron chi connectivity index (χ4n) is 3.23. The Morgan fingerprint density at radius 3 is 2.33 bits per heavy atom. The van der Waals surface area contributed by atoms with E-state index in [-0.39, 0.29) is 0 Å². The second kappa shape index (κ2) is 7.95. The first-order valence-corrected chi connectivity index (χ1v) is 9.52. The predicted molar refractivity (Wildman–Crippen MR) is 112 cm³/mol. The van der Waals surface area contributed by atoms with Gasteiger partial charge in [-0.25, -0.2) is 4.98 Å². The molecule has 0 bridgehead atoms. The van der Waals surface area contributed by atoms with Gasteiger partial charge in [-0.2, -0.15) is 0 Å². The molecule has 27 heavy (non-hydrogen) atoms. The number of fused-ring (bicyclic) bond motifs is 1. The number of halogens is 1. The molecule has 0 amide bonds. The standard InChI is InChI=1S/C23H22ClN3/c1-17-6-8-18(9-7-17)14-25-15-23-26-21-4-2-3-5-22(21)27(23)16-19-10-12-20(24)13-11-19/h2-13,25H,14-16H2,1H3. The normalized spacial score (nSPS) is 11.2. The molecule has 0 unspecified atom stereocenters. The van der Waals surface area contributed by atoms with Crippen molar-refractivity contribution in [3.63, 3.8) is 0 Å². The van der Waals surface area contributed by atoms with Crippen LogP contribution in [0, 0.1) is 6.92 Å². The zero-order chi connectivity index (χ0) is 18.6. The van der Waals surface area contributed by atoms with Crippen LogP contribution in [-0.4, -0.2) is 9.55 Å². The van der Waals surface area contributed by atoms with Crippen molar-refractivity contribution in [2.75, 3.05) is 0 Å². The fraction of sp³-hybridized carbons (Fsp3) is 0.174. The quantitative estimate of drug-likeness (QED) is 0.493. The summed E-state index contributed by atoms with van der Waals surface area (Å²) in [6, 6.07) is 24.9. The maximum atomic E-state index is 6.03. The van der Waals surface area contributed by atoms with Crippen molar-refractivity contribution >= 4 is 22.6 Å². The first-order valence-electron chi connectivity index (χ1n) is 9.14. The smallest absolute Gasteiger partial charge is 0.124 e.